The second-order valence-electron chi connectivity index (χ2n) is 8.39. The summed E-state index contributed by atoms with van der Waals surface area (Å²) in [6, 6.07) is 14.2. The summed E-state index contributed by atoms with van der Waals surface area (Å²) >= 11 is 0. The van der Waals surface area contributed by atoms with Crippen molar-refractivity contribution >= 4 is 16.8 Å². The lowest BCUT2D eigenvalue weighted by Gasteiger charge is -2.26. The normalized spacial score (nSPS) is 15.4. The van der Waals surface area contributed by atoms with E-state index in [2.05, 4.69) is 33.1 Å². The molecule has 176 valence electrons. The van der Waals surface area contributed by atoms with E-state index in [1.54, 1.807) is 14.2 Å². The first-order chi connectivity index (χ1) is 16.1. The van der Waals surface area contributed by atoms with Crippen molar-refractivity contribution in [3.05, 3.63) is 59.8 Å². The van der Waals surface area contributed by atoms with E-state index < -0.39 is 0 Å². The average Bonchev–Trinajstić information content (AvgIpc) is 3.19. The van der Waals surface area contributed by atoms with Gasteiger partial charge in [-0.2, -0.15) is 0 Å². The van der Waals surface area contributed by atoms with Crippen LogP contribution in [0.25, 0.3) is 10.9 Å². The molecule has 1 aliphatic rings. The summed E-state index contributed by atoms with van der Waals surface area (Å²) in [4.78, 5) is 15.4. The van der Waals surface area contributed by atoms with Crippen molar-refractivity contribution in [3.63, 3.8) is 0 Å². The Morgan fingerprint density at radius 1 is 1.09 bits per heavy atom. The second kappa shape index (κ2) is 10.7. The summed E-state index contributed by atoms with van der Waals surface area (Å²) in [6.07, 6.45) is 2.49. The van der Waals surface area contributed by atoms with Crippen molar-refractivity contribution in [1.82, 2.24) is 14.8 Å². The maximum absolute atomic E-state index is 13.0. The lowest BCUT2D eigenvalue weighted by atomic mass is 9.87. The fraction of sp³-hybridized carbons (Fsp3) is 0.423. The Morgan fingerprint density at radius 2 is 1.85 bits per heavy atom. The Kier molecular flexibility index (Phi) is 7.52. The van der Waals surface area contributed by atoms with Gasteiger partial charge >= 0.3 is 0 Å². The van der Waals surface area contributed by atoms with Gasteiger partial charge in [0.25, 0.3) is 0 Å². The number of aryl methyl sites for hydroxylation is 1. The lowest BCUT2D eigenvalue weighted by molar-refractivity contribution is -0.121. The van der Waals surface area contributed by atoms with E-state index in [9.17, 15) is 4.79 Å². The van der Waals surface area contributed by atoms with E-state index in [-0.39, 0.29) is 11.8 Å². The minimum Gasteiger partial charge on any atom is -0.493 e. The number of methoxy groups -OCH3 is 2. The van der Waals surface area contributed by atoms with Gasteiger partial charge in [-0.25, -0.2) is 0 Å². The van der Waals surface area contributed by atoms with E-state index in [1.165, 1.54) is 0 Å². The van der Waals surface area contributed by atoms with Gasteiger partial charge in [0, 0.05) is 62.7 Å². The van der Waals surface area contributed by atoms with E-state index in [0.29, 0.717) is 24.5 Å². The molecule has 3 aromatic rings. The lowest BCUT2D eigenvalue weighted by Crippen LogP contribution is -2.41. The number of nitrogens with one attached hydrogen (secondary N) is 1. The zero-order valence-corrected chi connectivity index (χ0v) is 19.7. The number of para-hydroxylation sites is 1. The molecule has 0 radical (unpaired) electrons. The summed E-state index contributed by atoms with van der Waals surface area (Å²) in [6.45, 7) is 4.82. The molecule has 1 atom stereocenters. The SMILES string of the molecule is COc1ccc([C@@H](CC(=O)NCCN2CCOCC2)c2cn(C)c3ccccc23)cc1OC. The molecule has 1 fully saturated rings. The molecule has 0 unspecified atom stereocenters. The molecule has 0 spiro atoms. The molecule has 1 amide bonds. The average molecular weight is 452 g/mol. The number of aromatic nitrogens is 1. The monoisotopic (exact) mass is 451 g/mol. The van der Waals surface area contributed by atoms with Crippen molar-refractivity contribution in [3.8, 4) is 11.5 Å². The van der Waals surface area contributed by atoms with Crippen LogP contribution in [-0.4, -0.2) is 69.0 Å². The first-order valence-electron chi connectivity index (χ1n) is 11.4. The Balaban J connectivity index is 1.58. The van der Waals surface area contributed by atoms with Crippen molar-refractivity contribution in [2.24, 2.45) is 7.05 Å². The summed E-state index contributed by atoms with van der Waals surface area (Å²) in [5.74, 6) is 1.26. The van der Waals surface area contributed by atoms with Crippen LogP contribution in [0.1, 0.15) is 23.5 Å². The molecule has 7 heteroatoms. The van der Waals surface area contributed by atoms with Gasteiger partial charge in [0.1, 0.15) is 0 Å². The van der Waals surface area contributed by atoms with Crippen LogP contribution in [0, 0.1) is 0 Å². The minimum atomic E-state index is -0.112. The third-order valence-electron chi connectivity index (χ3n) is 6.36. The highest BCUT2D eigenvalue weighted by Gasteiger charge is 2.23. The number of amides is 1. The standard InChI is InChI=1S/C26H33N3O4/c1-28-18-22(20-6-4-5-7-23(20)28)21(19-8-9-24(31-2)25(16-19)32-3)17-26(30)27-10-11-29-12-14-33-15-13-29/h4-9,16,18,21H,10-15,17H2,1-3H3,(H,27,30)/t21-/m1/s1. The number of carbonyl (C=O) groups is 1. The first-order valence-corrected chi connectivity index (χ1v) is 11.4. The number of benzene rings is 2. The molecule has 4 rings (SSSR count). The Hall–Kier alpha value is -3.03. The molecule has 0 aliphatic carbocycles. The maximum atomic E-state index is 13.0. The number of carbonyl (C=O) groups excluding carboxylic acids is 1. The minimum absolute atomic E-state index is 0.0379. The van der Waals surface area contributed by atoms with Gasteiger partial charge < -0.3 is 24.1 Å². The van der Waals surface area contributed by atoms with Crippen LogP contribution in [0.3, 0.4) is 0 Å². The van der Waals surface area contributed by atoms with Crippen molar-refractivity contribution in [2.45, 2.75) is 12.3 Å². The van der Waals surface area contributed by atoms with Crippen LogP contribution in [0.15, 0.2) is 48.7 Å². The third kappa shape index (κ3) is 5.31. The summed E-state index contributed by atoms with van der Waals surface area (Å²) in [7, 11) is 5.30. The number of hydrogen-bond donors (Lipinski definition) is 1. The van der Waals surface area contributed by atoms with Crippen molar-refractivity contribution in [1.29, 1.82) is 0 Å². The fourth-order valence-corrected chi connectivity index (χ4v) is 4.56. The van der Waals surface area contributed by atoms with Crippen LogP contribution < -0.4 is 14.8 Å². The zero-order chi connectivity index (χ0) is 23.2. The molecular weight excluding hydrogens is 418 g/mol. The molecule has 0 saturated carbocycles. The highest BCUT2D eigenvalue weighted by molar-refractivity contribution is 5.86. The van der Waals surface area contributed by atoms with Crippen LogP contribution in [0.2, 0.25) is 0 Å². The smallest absolute Gasteiger partial charge is 0.220 e. The number of ether oxygens (including phenoxy) is 3. The molecule has 33 heavy (non-hydrogen) atoms. The molecule has 7 nitrogen and oxygen atoms in total. The van der Waals surface area contributed by atoms with Crippen molar-refractivity contribution in [2.75, 3.05) is 53.6 Å². The Labute approximate surface area is 195 Å². The van der Waals surface area contributed by atoms with E-state index >= 15 is 0 Å². The highest BCUT2D eigenvalue weighted by atomic mass is 16.5. The summed E-state index contributed by atoms with van der Waals surface area (Å²) in [5.41, 5.74) is 3.29. The molecule has 2 heterocycles. The predicted octanol–water partition coefficient (Wildman–Crippen LogP) is 3.17. The molecule has 2 aromatic carbocycles. The molecule has 1 aliphatic heterocycles. The summed E-state index contributed by atoms with van der Waals surface area (Å²) in [5, 5.41) is 4.28. The molecule has 1 aromatic heterocycles. The second-order valence-corrected chi connectivity index (χ2v) is 8.39. The van der Waals surface area contributed by atoms with Gasteiger partial charge in [-0.3, -0.25) is 9.69 Å². The van der Waals surface area contributed by atoms with Gasteiger partial charge in [-0.1, -0.05) is 24.3 Å². The number of hydrogen-bond acceptors (Lipinski definition) is 5. The Morgan fingerprint density at radius 3 is 2.61 bits per heavy atom. The zero-order valence-electron chi connectivity index (χ0n) is 19.7. The quantitative estimate of drug-likeness (QED) is 0.541. The van der Waals surface area contributed by atoms with Gasteiger partial charge in [0.05, 0.1) is 27.4 Å². The molecule has 1 N–H and O–H groups in total. The van der Waals surface area contributed by atoms with E-state index in [4.69, 9.17) is 14.2 Å². The number of rotatable bonds is 9. The largest absolute Gasteiger partial charge is 0.493 e. The van der Waals surface area contributed by atoms with Crippen LogP contribution >= 0.6 is 0 Å². The topological polar surface area (TPSA) is 65.0 Å². The van der Waals surface area contributed by atoms with Crippen molar-refractivity contribution < 1.29 is 19.0 Å². The van der Waals surface area contributed by atoms with E-state index in [1.807, 2.05) is 37.4 Å². The van der Waals surface area contributed by atoms with E-state index in [0.717, 1.165) is 54.9 Å². The molecule has 1 saturated heterocycles. The number of fused-ring (bicyclic) bond motifs is 1. The van der Waals surface area contributed by atoms with Gasteiger partial charge in [-0.15, -0.1) is 0 Å². The summed E-state index contributed by atoms with van der Waals surface area (Å²) < 4.78 is 18.5. The number of nitrogens with zero attached hydrogens (tertiary/aromatic N) is 2. The fourth-order valence-electron chi connectivity index (χ4n) is 4.56. The van der Waals surface area contributed by atoms with Crippen LogP contribution in [0.4, 0.5) is 0 Å². The predicted molar refractivity (Wildman–Crippen MR) is 129 cm³/mol. The number of morpholine rings is 1. The van der Waals surface area contributed by atoms with Gasteiger partial charge in [-0.05, 0) is 29.3 Å². The Bertz CT molecular complexity index is 1090. The van der Waals surface area contributed by atoms with Gasteiger partial charge in [0.2, 0.25) is 5.91 Å². The maximum Gasteiger partial charge on any atom is 0.220 e. The highest BCUT2D eigenvalue weighted by Crippen LogP contribution is 2.38. The third-order valence-corrected chi connectivity index (χ3v) is 6.36. The van der Waals surface area contributed by atoms with Crippen LogP contribution in [-0.2, 0) is 16.6 Å². The molecule has 0 bridgehead atoms. The van der Waals surface area contributed by atoms with Gasteiger partial charge in [0.15, 0.2) is 11.5 Å². The first kappa shape index (κ1) is 23.1. The van der Waals surface area contributed by atoms with Crippen LogP contribution in [0.5, 0.6) is 11.5 Å². The molecular formula is C26H33N3O4.